The van der Waals surface area contributed by atoms with Crippen LogP contribution in [-0.2, 0) is 30.3 Å². The minimum Gasteiger partial charge on any atom is -0.459 e. The van der Waals surface area contributed by atoms with Crippen LogP contribution in [-0.4, -0.2) is 70.5 Å². The molecular weight excluding hydrogens is 516 g/mol. The van der Waals surface area contributed by atoms with Gasteiger partial charge in [0, 0.05) is 5.75 Å². The third kappa shape index (κ3) is 8.96. The van der Waals surface area contributed by atoms with E-state index in [1.807, 2.05) is 19.1 Å². The summed E-state index contributed by atoms with van der Waals surface area (Å²) in [5, 5.41) is 8.94. The molecule has 0 spiro atoms. The van der Waals surface area contributed by atoms with Crippen LogP contribution in [0, 0.1) is 0 Å². The number of amides is 3. The van der Waals surface area contributed by atoms with E-state index in [-0.39, 0.29) is 30.3 Å². The summed E-state index contributed by atoms with van der Waals surface area (Å²) in [5.41, 5.74) is 1.81. The second-order valence-corrected chi connectivity index (χ2v) is 12.4. The molecule has 1 fully saturated rings. The molecule has 4 atom stereocenters. The van der Waals surface area contributed by atoms with Gasteiger partial charge in [-0.3, -0.25) is 24.5 Å². The number of hydrogen-bond acceptors (Lipinski definition) is 7. The molecule has 3 amide bonds. The summed E-state index contributed by atoms with van der Waals surface area (Å²) in [6, 6.07) is 6.11. The normalized spacial score (nSPS) is 20.5. The van der Waals surface area contributed by atoms with E-state index in [4.69, 9.17) is 4.74 Å². The van der Waals surface area contributed by atoms with Crippen molar-refractivity contribution in [2.45, 2.75) is 103 Å². The Balaban J connectivity index is 1.62. The van der Waals surface area contributed by atoms with Crippen molar-refractivity contribution >= 4 is 35.5 Å². The summed E-state index contributed by atoms with van der Waals surface area (Å²) < 4.78 is 5.28. The molecule has 1 aromatic carbocycles. The lowest BCUT2D eigenvalue weighted by Crippen LogP contribution is -2.56. The summed E-state index contributed by atoms with van der Waals surface area (Å²) >= 11 is 1.54. The molecule has 1 saturated heterocycles. The van der Waals surface area contributed by atoms with Gasteiger partial charge < -0.3 is 20.3 Å². The number of nitrogens with zero attached hydrogens (tertiary/aromatic N) is 1. The molecule has 3 N–H and O–H groups in total. The number of benzene rings is 1. The quantitative estimate of drug-likeness (QED) is 0.356. The van der Waals surface area contributed by atoms with Crippen molar-refractivity contribution in [3.63, 3.8) is 0 Å². The second-order valence-electron chi connectivity index (χ2n) is 11.4. The zero-order chi connectivity index (χ0) is 28.6. The van der Waals surface area contributed by atoms with Crippen LogP contribution in [0.2, 0.25) is 0 Å². The van der Waals surface area contributed by atoms with E-state index in [1.54, 1.807) is 44.4 Å². The summed E-state index contributed by atoms with van der Waals surface area (Å²) in [7, 11) is 0. The number of fused-ring (bicyclic) bond motifs is 1. The Bertz CT molecular complexity index is 1030. The van der Waals surface area contributed by atoms with E-state index in [0.717, 1.165) is 37.7 Å². The lowest BCUT2D eigenvalue weighted by Gasteiger charge is -2.31. The predicted molar refractivity (Wildman–Crippen MR) is 153 cm³/mol. The first-order chi connectivity index (χ1) is 18.5. The Morgan fingerprint density at radius 1 is 1.18 bits per heavy atom. The summed E-state index contributed by atoms with van der Waals surface area (Å²) in [6.07, 6.45) is 5.00. The fraction of sp³-hybridized carbons (Fsp3) is 0.655. The summed E-state index contributed by atoms with van der Waals surface area (Å²) in [5.74, 6) is -0.297. The SMILES string of the molecule is CCCCC(NC(=O)C(C)NCC(=O)OC(C)(C)C)C(=O)N1CSCC1C(=O)NC1CCCc2ccccc21. The number of hydrogen-bond donors (Lipinski definition) is 3. The standard InChI is InChI=1S/C29H44N4O5S/c1-6-7-14-23(32-26(35)19(2)30-16-25(34)38-29(3,4)5)28(37)33-18-39-17-24(33)27(36)31-22-15-10-12-20-11-8-9-13-21(20)22/h8-9,11,13,19,22-24,30H,6-7,10,12,14-18H2,1-5H3,(H,31,36)(H,32,35). The smallest absolute Gasteiger partial charge is 0.320 e. The third-order valence-corrected chi connectivity index (χ3v) is 7.99. The summed E-state index contributed by atoms with van der Waals surface area (Å²) in [6.45, 7) is 8.90. The minimum absolute atomic E-state index is 0.0579. The molecule has 10 heteroatoms. The first-order valence-corrected chi connectivity index (χ1v) is 15.2. The number of ether oxygens (including phenoxy) is 1. The van der Waals surface area contributed by atoms with Crippen molar-refractivity contribution in [2.75, 3.05) is 18.2 Å². The number of thioether (sulfide) groups is 1. The van der Waals surface area contributed by atoms with Gasteiger partial charge in [0.1, 0.15) is 17.7 Å². The Hall–Kier alpha value is -2.59. The highest BCUT2D eigenvalue weighted by Crippen LogP contribution is 2.30. The van der Waals surface area contributed by atoms with E-state index < -0.39 is 29.7 Å². The van der Waals surface area contributed by atoms with Crippen molar-refractivity contribution in [3.05, 3.63) is 35.4 Å². The molecule has 0 radical (unpaired) electrons. The van der Waals surface area contributed by atoms with Crippen LogP contribution in [0.15, 0.2) is 24.3 Å². The van der Waals surface area contributed by atoms with Gasteiger partial charge in [0.05, 0.1) is 24.5 Å². The lowest BCUT2D eigenvalue weighted by molar-refractivity contribution is -0.153. The van der Waals surface area contributed by atoms with Crippen LogP contribution in [0.25, 0.3) is 0 Å². The predicted octanol–water partition coefficient (Wildman–Crippen LogP) is 3.08. The summed E-state index contributed by atoms with van der Waals surface area (Å²) in [4.78, 5) is 53.6. The highest BCUT2D eigenvalue weighted by atomic mass is 32.2. The Morgan fingerprint density at radius 3 is 2.64 bits per heavy atom. The molecule has 0 saturated carbocycles. The van der Waals surface area contributed by atoms with Crippen molar-refractivity contribution in [3.8, 4) is 0 Å². The van der Waals surface area contributed by atoms with Crippen LogP contribution in [0.3, 0.4) is 0 Å². The van der Waals surface area contributed by atoms with Crippen molar-refractivity contribution in [2.24, 2.45) is 0 Å². The number of unbranched alkanes of at least 4 members (excludes halogenated alkanes) is 1. The number of carbonyl (C=O) groups excluding carboxylic acids is 4. The Kier molecular flexibility index (Phi) is 11.2. The molecule has 9 nitrogen and oxygen atoms in total. The molecular formula is C29H44N4O5S. The lowest BCUT2D eigenvalue weighted by atomic mass is 9.87. The first-order valence-electron chi connectivity index (χ1n) is 14.0. The van der Waals surface area contributed by atoms with E-state index in [0.29, 0.717) is 18.1 Å². The van der Waals surface area contributed by atoms with Crippen molar-refractivity contribution in [1.29, 1.82) is 0 Å². The van der Waals surface area contributed by atoms with Gasteiger partial charge in [-0.1, -0.05) is 44.0 Å². The van der Waals surface area contributed by atoms with Crippen LogP contribution in [0.5, 0.6) is 0 Å². The molecule has 0 aromatic heterocycles. The number of rotatable bonds is 11. The van der Waals surface area contributed by atoms with E-state index in [2.05, 4.69) is 28.1 Å². The van der Waals surface area contributed by atoms with Crippen LogP contribution in [0.1, 0.15) is 83.9 Å². The Morgan fingerprint density at radius 2 is 1.92 bits per heavy atom. The topological polar surface area (TPSA) is 117 Å². The minimum atomic E-state index is -0.743. The van der Waals surface area contributed by atoms with Gasteiger partial charge in [-0.2, -0.15) is 0 Å². The van der Waals surface area contributed by atoms with E-state index in [1.165, 1.54) is 5.56 Å². The zero-order valence-corrected chi connectivity index (χ0v) is 24.7. The number of nitrogens with one attached hydrogen (secondary N) is 3. The van der Waals surface area contributed by atoms with E-state index >= 15 is 0 Å². The van der Waals surface area contributed by atoms with Crippen LogP contribution >= 0.6 is 11.8 Å². The van der Waals surface area contributed by atoms with Crippen LogP contribution < -0.4 is 16.0 Å². The van der Waals surface area contributed by atoms with Gasteiger partial charge in [0.25, 0.3) is 0 Å². The third-order valence-electron chi connectivity index (χ3n) is 6.98. The molecule has 0 bridgehead atoms. The van der Waals surface area contributed by atoms with Gasteiger partial charge in [-0.15, -0.1) is 11.8 Å². The maximum absolute atomic E-state index is 13.7. The molecule has 1 aromatic rings. The molecule has 4 unspecified atom stereocenters. The van der Waals surface area contributed by atoms with Crippen molar-refractivity contribution in [1.82, 2.24) is 20.9 Å². The molecule has 1 aliphatic carbocycles. The molecule has 1 aliphatic heterocycles. The van der Waals surface area contributed by atoms with Crippen molar-refractivity contribution < 1.29 is 23.9 Å². The monoisotopic (exact) mass is 560 g/mol. The molecule has 3 rings (SSSR count). The average Bonchev–Trinajstić information content (AvgIpc) is 3.38. The Labute approximate surface area is 236 Å². The maximum Gasteiger partial charge on any atom is 0.320 e. The molecule has 39 heavy (non-hydrogen) atoms. The van der Waals surface area contributed by atoms with Crippen LogP contribution in [0.4, 0.5) is 0 Å². The molecule has 2 aliphatic rings. The maximum atomic E-state index is 13.7. The first kappa shape index (κ1) is 30.9. The number of carbonyl (C=O) groups is 4. The highest BCUT2D eigenvalue weighted by molar-refractivity contribution is 7.99. The largest absolute Gasteiger partial charge is 0.459 e. The molecule has 216 valence electrons. The van der Waals surface area contributed by atoms with Gasteiger partial charge in [0.2, 0.25) is 17.7 Å². The van der Waals surface area contributed by atoms with Gasteiger partial charge >= 0.3 is 5.97 Å². The second kappa shape index (κ2) is 14.2. The molecule has 1 heterocycles. The fourth-order valence-electron chi connectivity index (χ4n) is 4.92. The average molecular weight is 561 g/mol. The number of esters is 1. The fourth-order valence-corrected chi connectivity index (χ4v) is 6.08. The van der Waals surface area contributed by atoms with Gasteiger partial charge in [-0.05, 0) is 64.5 Å². The number of aryl methyl sites for hydroxylation is 1. The zero-order valence-electron chi connectivity index (χ0n) is 23.9. The van der Waals surface area contributed by atoms with Gasteiger partial charge in [0.15, 0.2) is 0 Å². The van der Waals surface area contributed by atoms with E-state index in [9.17, 15) is 19.2 Å². The van der Waals surface area contributed by atoms with Gasteiger partial charge in [-0.25, -0.2) is 0 Å². The highest BCUT2D eigenvalue weighted by Gasteiger charge is 2.39.